The molecule has 0 saturated heterocycles. The fraction of sp³-hybridized carbons (Fsp3) is 0.0800. The van der Waals surface area contributed by atoms with Gasteiger partial charge in [0.25, 0.3) is 11.8 Å². The summed E-state index contributed by atoms with van der Waals surface area (Å²) in [7, 11) is 1.57. The molecule has 0 atom stereocenters. The number of methoxy groups -OCH3 is 1. The molecule has 3 aromatic carbocycles. The van der Waals surface area contributed by atoms with Gasteiger partial charge in [-0.05, 0) is 48.0 Å². The Balaban J connectivity index is 1.46. The lowest BCUT2D eigenvalue weighted by Crippen LogP contribution is -2.18. The standard InChI is InChI=1S/C25H22N4O3/c1-32-21-7-4-6-20(16-21)27-25(31)22-8-2-3-9-23(22)28-24(30)19-12-10-18(11-13-19)17-29-15-5-14-26-29/h2-16H,17H2,1H3,(H,27,31)(H,28,30). The summed E-state index contributed by atoms with van der Waals surface area (Å²) < 4.78 is 7.00. The summed E-state index contributed by atoms with van der Waals surface area (Å²) in [5.41, 5.74) is 2.92. The average molecular weight is 426 g/mol. The number of rotatable bonds is 7. The molecule has 0 aliphatic heterocycles. The first-order valence-corrected chi connectivity index (χ1v) is 10.0. The number of ether oxygens (including phenoxy) is 1. The molecule has 2 amide bonds. The summed E-state index contributed by atoms with van der Waals surface area (Å²) in [5.74, 6) is 0.0152. The van der Waals surface area contributed by atoms with Gasteiger partial charge < -0.3 is 15.4 Å². The van der Waals surface area contributed by atoms with Gasteiger partial charge in [0, 0.05) is 29.7 Å². The SMILES string of the molecule is COc1cccc(NC(=O)c2ccccc2NC(=O)c2ccc(Cn3cccn3)cc2)c1. The molecular formula is C25H22N4O3. The number of carbonyl (C=O) groups is 2. The molecule has 0 unspecified atom stereocenters. The Morgan fingerprint density at radius 1 is 0.906 bits per heavy atom. The number of anilines is 2. The van der Waals surface area contributed by atoms with Gasteiger partial charge in [0.2, 0.25) is 0 Å². The van der Waals surface area contributed by atoms with Crippen molar-refractivity contribution in [3.05, 3.63) is 108 Å². The van der Waals surface area contributed by atoms with Crippen LogP contribution in [0, 0.1) is 0 Å². The Morgan fingerprint density at radius 3 is 2.47 bits per heavy atom. The zero-order valence-electron chi connectivity index (χ0n) is 17.5. The molecule has 0 spiro atoms. The van der Waals surface area contributed by atoms with E-state index in [0.29, 0.717) is 34.8 Å². The minimum atomic E-state index is -0.330. The molecule has 4 rings (SSSR count). The first kappa shape index (κ1) is 20.9. The van der Waals surface area contributed by atoms with Crippen LogP contribution in [0.3, 0.4) is 0 Å². The second kappa shape index (κ2) is 9.61. The van der Waals surface area contributed by atoms with Crippen LogP contribution in [0.25, 0.3) is 0 Å². The van der Waals surface area contributed by atoms with Crippen molar-refractivity contribution < 1.29 is 14.3 Å². The Kier molecular flexibility index (Phi) is 6.27. The molecule has 1 aromatic heterocycles. The average Bonchev–Trinajstić information content (AvgIpc) is 3.33. The lowest BCUT2D eigenvalue weighted by atomic mass is 10.1. The Morgan fingerprint density at radius 2 is 1.72 bits per heavy atom. The second-order valence-corrected chi connectivity index (χ2v) is 7.09. The van der Waals surface area contributed by atoms with Crippen LogP contribution in [0.2, 0.25) is 0 Å². The highest BCUT2D eigenvalue weighted by atomic mass is 16.5. The summed E-state index contributed by atoms with van der Waals surface area (Å²) in [5, 5.41) is 9.86. The van der Waals surface area contributed by atoms with Crippen LogP contribution in [0.1, 0.15) is 26.3 Å². The van der Waals surface area contributed by atoms with E-state index in [-0.39, 0.29) is 11.8 Å². The van der Waals surface area contributed by atoms with Crippen molar-refractivity contribution in [3.8, 4) is 5.75 Å². The lowest BCUT2D eigenvalue weighted by Gasteiger charge is -2.12. The van der Waals surface area contributed by atoms with Crippen LogP contribution >= 0.6 is 0 Å². The predicted molar refractivity (Wildman–Crippen MR) is 123 cm³/mol. The van der Waals surface area contributed by atoms with E-state index in [1.54, 1.807) is 74.0 Å². The Bertz CT molecular complexity index is 1220. The summed E-state index contributed by atoms with van der Waals surface area (Å²) in [6, 6.07) is 23.1. The molecule has 7 heteroatoms. The molecular weight excluding hydrogens is 404 g/mol. The van der Waals surface area contributed by atoms with Gasteiger partial charge in [0.15, 0.2) is 0 Å². The third-order valence-electron chi connectivity index (χ3n) is 4.87. The zero-order valence-corrected chi connectivity index (χ0v) is 17.5. The Hall–Kier alpha value is -4.39. The van der Waals surface area contributed by atoms with Crippen molar-refractivity contribution in [1.82, 2.24) is 9.78 Å². The topological polar surface area (TPSA) is 85.3 Å². The summed E-state index contributed by atoms with van der Waals surface area (Å²) in [6.07, 6.45) is 3.61. The number of carbonyl (C=O) groups excluding carboxylic acids is 2. The van der Waals surface area contributed by atoms with Gasteiger partial charge in [0.1, 0.15) is 5.75 Å². The second-order valence-electron chi connectivity index (χ2n) is 7.09. The van der Waals surface area contributed by atoms with Crippen LogP contribution in [0.15, 0.2) is 91.3 Å². The number of para-hydroxylation sites is 1. The fourth-order valence-electron chi connectivity index (χ4n) is 3.23. The monoisotopic (exact) mass is 426 g/mol. The first-order chi connectivity index (χ1) is 15.6. The smallest absolute Gasteiger partial charge is 0.257 e. The van der Waals surface area contributed by atoms with E-state index in [0.717, 1.165) is 5.56 Å². The van der Waals surface area contributed by atoms with Crippen molar-refractivity contribution >= 4 is 23.2 Å². The highest BCUT2D eigenvalue weighted by Crippen LogP contribution is 2.21. The van der Waals surface area contributed by atoms with Gasteiger partial charge in [-0.2, -0.15) is 5.10 Å². The maximum absolute atomic E-state index is 12.8. The van der Waals surface area contributed by atoms with Crippen molar-refractivity contribution in [1.29, 1.82) is 0 Å². The van der Waals surface area contributed by atoms with Crippen molar-refractivity contribution in [2.45, 2.75) is 6.54 Å². The number of nitrogens with one attached hydrogen (secondary N) is 2. The minimum Gasteiger partial charge on any atom is -0.497 e. The van der Waals surface area contributed by atoms with Crippen LogP contribution in [-0.2, 0) is 6.54 Å². The van der Waals surface area contributed by atoms with E-state index in [4.69, 9.17) is 4.74 Å². The molecule has 0 aliphatic rings. The highest BCUT2D eigenvalue weighted by Gasteiger charge is 2.15. The molecule has 160 valence electrons. The van der Waals surface area contributed by atoms with E-state index in [9.17, 15) is 9.59 Å². The molecule has 2 N–H and O–H groups in total. The normalized spacial score (nSPS) is 10.4. The molecule has 1 heterocycles. The van der Waals surface area contributed by atoms with Crippen molar-refractivity contribution in [2.75, 3.05) is 17.7 Å². The minimum absolute atomic E-state index is 0.294. The van der Waals surface area contributed by atoms with E-state index < -0.39 is 0 Å². The van der Waals surface area contributed by atoms with Crippen molar-refractivity contribution in [3.63, 3.8) is 0 Å². The highest BCUT2D eigenvalue weighted by molar-refractivity contribution is 6.12. The van der Waals surface area contributed by atoms with Crippen LogP contribution in [-0.4, -0.2) is 28.7 Å². The first-order valence-electron chi connectivity index (χ1n) is 10.0. The maximum atomic E-state index is 12.8. The maximum Gasteiger partial charge on any atom is 0.257 e. The lowest BCUT2D eigenvalue weighted by molar-refractivity contribution is 0.102. The molecule has 0 fully saturated rings. The molecule has 0 radical (unpaired) electrons. The number of hydrogen-bond donors (Lipinski definition) is 2. The predicted octanol–water partition coefficient (Wildman–Crippen LogP) is 4.44. The van der Waals surface area contributed by atoms with Gasteiger partial charge in [0.05, 0.1) is 24.9 Å². The number of benzene rings is 3. The number of aromatic nitrogens is 2. The number of hydrogen-bond acceptors (Lipinski definition) is 4. The van der Waals surface area contributed by atoms with E-state index in [2.05, 4.69) is 15.7 Å². The van der Waals surface area contributed by atoms with Gasteiger partial charge in [-0.25, -0.2) is 0 Å². The molecule has 0 aliphatic carbocycles. The van der Waals surface area contributed by atoms with Crippen LogP contribution < -0.4 is 15.4 Å². The summed E-state index contributed by atoms with van der Waals surface area (Å²) in [6.45, 7) is 0.627. The zero-order chi connectivity index (χ0) is 22.3. The Labute approximate surface area is 185 Å². The number of nitrogens with zero attached hydrogens (tertiary/aromatic N) is 2. The van der Waals surface area contributed by atoms with E-state index in [1.807, 2.05) is 29.1 Å². The van der Waals surface area contributed by atoms with Gasteiger partial charge >= 0.3 is 0 Å². The largest absolute Gasteiger partial charge is 0.497 e. The summed E-state index contributed by atoms with van der Waals surface area (Å²) in [4.78, 5) is 25.6. The number of amides is 2. The van der Waals surface area contributed by atoms with E-state index >= 15 is 0 Å². The molecule has 7 nitrogen and oxygen atoms in total. The van der Waals surface area contributed by atoms with Gasteiger partial charge in [-0.3, -0.25) is 14.3 Å². The molecule has 0 saturated carbocycles. The molecule has 32 heavy (non-hydrogen) atoms. The fourth-order valence-corrected chi connectivity index (χ4v) is 3.23. The molecule has 4 aromatic rings. The van der Waals surface area contributed by atoms with E-state index in [1.165, 1.54) is 0 Å². The molecule has 0 bridgehead atoms. The van der Waals surface area contributed by atoms with Crippen LogP contribution in [0.4, 0.5) is 11.4 Å². The van der Waals surface area contributed by atoms with Gasteiger partial charge in [-0.1, -0.05) is 30.3 Å². The van der Waals surface area contributed by atoms with Crippen molar-refractivity contribution in [2.24, 2.45) is 0 Å². The van der Waals surface area contributed by atoms with Crippen LogP contribution in [0.5, 0.6) is 5.75 Å². The third-order valence-corrected chi connectivity index (χ3v) is 4.87. The summed E-state index contributed by atoms with van der Waals surface area (Å²) >= 11 is 0. The van der Waals surface area contributed by atoms with Gasteiger partial charge in [-0.15, -0.1) is 0 Å². The third kappa shape index (κ3) is 5.02. The quantitative estimate of drug-likeness (QED) is 0.457.